The Labute approximate surface area is 156 Å². The minimum Gasteiger partial charge on any atom is -0.497 e. The first kappa shape index (κ1) is 18.4. The van der Waals surface area contributed by atoms with E-state index < -0.39 is 12.1 Å². The van der Waals surface area contributed by atoms with Gasteiger partial charge in [-0.25, -0.2) is 9.78 Å². The maximum absolute atomic E-state index is 12.2. The van der Waals surface area contributed by atoms with Crippen molar-refractivity contribution in [2.45, 2.75) is 26.6 Å². The van der Waals surface area contributed by atoms with Gasteiger partial charge >= 0.3 is 5.97 Å². The van der Waals surface area contributed by atoms with Crippen molar-refractivity contribution in [3.05, 3.63) is 70.3 Å². The van der Waals surface area contributed by atoms with Crippen LogP contribution in [0.3, 0.4) is 0 Å². The van der Waals surface area contributed by atoms with E-state index >= 15 is 0 Å². The second-order valence-corrected chi connectivity index (χ2v) is 6.06. The Hall–Kier alpha value is -3.35. The fourth-order valence-electron chi connectivity index (χ4n) is 2.50. The molecule has 0 fully saturated rings. The van der Waals surface area contributed by atoms with Crippen LogP contribution in [0, 0.1) is 6.92 Å². The summed E-state index contributed by atoms with van der Waals surface area (Å²) in [6, 6.07) is 11.9. The third-order valence-electron chi connectivity index (χ3n) is 3.93. The van der Waals surface area contributed by atoms with E-state index in [0.29, 0.717) is 22.8 Å². The number of rotatable bonds is 6. The second kappa shape index (κ2) is 7.90. The first-order valence-electron chi connectivity index (χ1n) is 8.42. The number of benzene rings is 1. The SMILES string of the molecule is COc1ccc(O[C@H](C)C(=O)OCc2cc(=O)n3cc(C)ccc3n2)cc1. The fourth-order valence-corrected chi connectivity index (χ4v) is 2.50. The van der Waals surface area contributed by atoms with Gasteiger partial charge in [0.2, 0.25) is 0 Å². The zero-order valence-corrected chi connectivity index (χ0v) is 15.3. The van der Waals surface area contributed by atoms with E-state index in [4.69, 9.17) is 14.2 Å². The number of pyridine rings is 1. The van der Waals surface area contributed by atoms with Crippen LogP contribution in [-0.2, 0) is 16.1 Å². The number of esters is 1. The van der Waals surface area contributed by atoms with E-state index in [1.54, 1.807) is 50.6 Å². The van der Waals surface area contributed by atoms with Gasteiger partial charge in [-0.05, 0) is 49.7 Å². The predicted octanol–water partition coefficient (Wildman–Crippen LogP) is 2.52. The van der Waals surface area contributed by atoms with Crippen LogP contribution in [-0.4, -0.2) is 28.6 Å². The maximum Gasteiger partial charge on any atom is 0.347 e. The van der Waals surface area contributed by atoms with Gasteiger partial charge in [0.15, 0.2) is 6.10 Å². The first-order chi connectivity index (χ1) is 13.0. The topological polar surface area (TPSA) is 79.1 Å². The minimum absolute atomic E-state index is 0.102. The highest BCUT2D eigenvalue weighted by Gasteiger charge is 2.17. The van der Waals surface area contributed by atoms with Crippen LogP contribution in [0.15, 0.2) is 53.5 Å². The fraction of sp³-hybridized carbons (Fsp3) is 0.250. The number of hydrogen-bond acceptors (Lipinski definition) is 6. The Kier molecular flexibility index (Phi) is 5.40. The summed E-state index contributed by atoms with van der Waals surface area (Å²) < 4.78 is 17.3. The van der Waals surface area contributed by atoms with E-state index in [0.717, 1.165) is 5.56 Å². The number of hydrogen-bond donors (Lipinski definition) is 0. The molecule has 140 valence electrons. The molecule has 1 aromatic carbocycles. The number of methoxy groups -OCH3 is 1. The highest BCUT2D eigenvalue weighted by Crippen LogP contribution is 2.18. The van der Waals surface area contributed by atoms with Crippen molar-refractivity contribution in [3.8, 4) is 11.5 Å². The van der Waals surface area contributed by atoms with Gasteiger partial charge in [-0.3, -0.25) is 9.20 Å². The molecule has 3 rings (SSSR count). The summed E-state index contributed by atoms with van der Waals surface area (Å²) >= 11 is 0. The zero-order chi connectivity index (χ0) is 19.4. The lowest BCUT2D eigenvalue weighted by atomic mass is 10.3. The molecule has 0 aliphatic heterocycles. The van der Waals surface area contributed by atoms with Crippen molar-refractivity contribution in [2.24, 2.45) is 0 Å². The minimum atomic E-state index is -0.803. The normalized spacial score (nSPS) is 11.8. The van der Waals surface area contributed by atoms with E-state index in [1.807, 2.05) is 13.0 Å². The molecule has 0 spiro atoms. The smallest absolute Gasteiger partial charge is 0.347 e. The Morgan fingerprint density at radius 2 is 1.85 bits per heavy atom. The summed E-state index contributed by atoms with van der Waals surface area (Å²) in [7, 11) is 1.57. The summed E-state index contributed by atoms with van der Waals surface area (Å²) in [5, 5.41) is 0. The van der Waals surface area contributed by atoms with Gasteiger partial charge in [0.05, 0.1) is 12.8 Å². The summed E-state index contributed by atoms with van der Waals surface area (Å²) in [4.78, 5) is 28.7. The summed E-state index contributed by atoms with van der Waals surface area (Å²) in [5.41, 5.74) is 1.61. The van der Waals surface area contributed by atoms with Crippen LogP contribution in [0.1, 0.15) is 18.2 Å². The van der Waals surface area contributed by atoms with Crippen LogP contribution < -0.4 is 15.0 Å². The van der Waals surface area contributed by atoms with Crippen molar-refractivity contribution >= 4 is 11.6 Å². The van der Waals surface area contributed by atoms with Crippen LogP contribution in [0.25, 0.3) is 5.65 Å². The molecule has 0 radical (unpaired) electrons. The van der Waals surface area contributed by atoms with Gasteiger partial charge in [0, 0.05) is 12.3 Å². The molecule has 0 unspecified atom stereocenters. The van der Waals surface area contributed by atoms with E-state index in [9.17, 15) is 9.59 Å². The molecule has 2 aromatic heterocycles. The lowest BCUT2D eigenvalue weighted by Crippen LogP contribution is -2.26. The molecule has 7 heteroatoms. The highest BCUT2D eigenvalue weighted by atomic mass is 16.6. The van der Waals surface area contributed by atoms with Crippen molar-refractivity contribution in [1.82, 2.24) is 9.38 Å². The number of carbonyl (C=O) groups is 1. The third kappa shape index (κ3) is 4.44. The van der Waals surface area contributed by atoms with Crippen LogP contribution in [0.2, 0.25) is 0 Å². The molecular weight excluding hydrogens is 348 g/mol. The Bertz CT molecular complexity index is 1010. The molecule has 0 saturated heterocycles. The first-order valence-corrected chi connectivity index (χ1v) is 8.42. The lowest BCUT2D eigenvalue weighted by Gasteiger charge is -2.14. The molecule has 27 heavy (non-hydrogen) atoms. The number of fused-ring (bicyclic) bond motifs is 1. The van der Waals surface area contributed by atoms with Crippen molar-refractivity contribution in [1.29, 1.82) is 0 Å². The molecular formula is C20H20N2O5. The van der Waals surface area contributed by atoms with Gasteiger partial charge in [0.25, 0.3) is 5.56 Å². The monoisotopic (exact) mass is 368 g/mol. The van der Waals surface area contributed by atoms with Gasteiger partial charge in [-0.1, -0.05) is 6.07 Å². The van der Waals surface area contributed by atoms with E-state index in [2.05, 4.69) is 4.98 Å². The van der Waals surface area contributed by atoms with E-state index in [-0.39, 0.29) is 12.2 Å². The largest absolute Gasteiger partial charge is 0.497 e. The van der Waals surface area contributed by atoms with Crippen molar-refractivity contribution in [2.75, 3.05) is 7.11 Å². The Balaban J connectivity index is 1.63. The van der Waals surface area contributed by atoms with Gasteiger partial charge in [-0.15, -0.1) is 0 Å². The molecule has 0 amide bonds. The van der Waals surface area contributed by atoms with Crippen molar-refractivity contribution < 1.29 is 19.0 Å². The van der Waals surface area contributed by atoms with Crippen LogP contribution in [0.5, 0.6) is 11.5 Å². The maximum atomic E-state index is 12.2. The predicted molar refractivity (Wildman–Crippen MR) is 99.1 cm³/mol. The number of nitrogens with zero attached hydrogens (tertiary/aromatic N) is 2. The summed E-state index contributed by atoms with van der Waals surface area (Å²) in [6.07, 6.45) is 0.910. The van der Waals surface area contributed by atoms with Crippen LogP contribution in [0.4, 0.5) is 0 Å². The molecule has 3 aromatic rings. The second-order valence-electron chi connectivity index (χ2n) is 6.06. The molecule has 2 heterocycles. The zero-order valence-electron chi connectivity index (χ0n) is 15.3. The van der Waals surface area contributed by atoms with Gasteiger partial charge in [0.1, 0.15) is 23.8 Å². The molecule has 7 nitrogen and oxygen atoms in total. The molecule has 0 saturated carbocycles. The van der Waals surface area contributed by atoms with Gasteiger partial charge in [-0.2, -0.15) is 0 Å². The third-order valence-corrected chi connectivity index (χ3v) is 3.93. The molecule has 0 bridgehead atoms. The summed E-state index contributed by atoms with van der Waals surface area (Å²) in [5.74, 6) is 0.677. The lowest BCUT2D eigenvalue weighted by molar-refractivity contribution is -0.152. The molecule has 0 N–H and O–H groups in total. The van der Waals surface area contributed by atoms with E-state index in [1.165, 1.54) is 10.5 Å². The molecule has 0 aliphatic rings. The van der Waals surface area contributed by atoms with Gasteiger partial charge < -0.3 is 14.2 Å². The van der Waals surface area contributed by atoms with Crippen molar-refractivity contribution in [3.63, 3.8) is 0 Å². The molecule has 0 aliphatic carbocycles. The average Bonchev–Trinajstić information content (AvgIpc) is 2.67. The average molecular weight is 368 g/mol. The number of aryl methyl sites for hydroxylation is 1. The molecule has 1 atom stereocenters. The van der Waals surface area contributed by atoms with Crippen LogP contribution >= 0.6 is 0 Å². The summed E-state index contributed by atoms with van der Waals surface area (Å²) in [6.45, 7) is 3.39. The number of aromatic nitrogens is 2. The number of carbonyl (C=O) groups excluding carboxylic acids is 1. The Morgan fingerprint density at radius 3 is 2.56 bits per heavy atom. The quantitative estimate of drug-likeness (QED) is 0.622. The highest BCUT2D eigenvalue weighted by molar-refractivity contribution is 5.74. The Morgan fingerprint density at radius 1 is 1.15 bits per heavy atom. The number of ether oxygens (including phenoxy) is 3. The standard InChI is InChI=1S/C20H20N2O5/c1-13-4-9-18-21-15(10-19(23)22(18)11-13)12-26-20(24)14(2)27-17-7-5-16(25-3)6-8-17/h4-11,14H,12H2,1-3H3/t14-/m1/s1.